The topological polar surface area (TPSA) is 90.0 Å². The molecule has 0 saturated heterocycles. The van der Waals surface area contributed by atoms with Crippen LogP contribution in [0.25, 0.3) is 22.8 Å². The van der Waals surface area contributed by atoms with Crippen molar-refractivity contribution in [2.45, 2.75) is 19.0 Å². The van der Waals surface area contributed by atoms with E-state index in [4.69, 9.17) is 0 Å². The van der Waals surface area contributed by atoms with Gasteiger partial charge in [0.05, 0.1) is 29.0 Å². The van der Waals surface area contributed by atoms with Crippen LogP contribution < -0.4 is 5.43 Å². The first kappa shape index (κ1) is 24.2. The highest BCUT2D eigenvalue weighted by molar-refractivity contribution is 7.99. The average molecular weight is 508 g/mol. The molecule has 0 aliphatic carbocycles. The fourth-order valence-electron chi connectivity index (χ4n) is 3.94. The smallest absolute Gasteiger partial charge is 0.250 e. The number of hydrazone groups is 1. The lowest BCUT2D eigenvalue weighted by Gasteiger charge is -2.10. The second-order valence-corrected chi connectivity index (χ2v) is 9.20. The highest BCUT2D eigenvalue weighted by Crippen LogP contribution is 2.27. The first-order valence-corrected chi connectivity index (χ1v) is 12.7. The molecule has 8 nitrogen and oxygen atoms in total. The summed E-state index contributed by atoms with van der Waals surface area (Å²) in [4.78, 5) is 12.6. The van der Waals surface area contributed by atoms with Crippen LogP contribution in [-0.4, -0.2) is 42.4 Å². The van der Waals surface area contributed by atoms with Crippen molar-refractivity contribution in [1.82, 2.24) is 30.0 Å². The predicted octanol–water partition coefficient (Wildman–Crippen LogP) is 4.98. The molecule has 1 N–H and O–H groups in total. The lowest BCUT2D eigenvalue weighted by atomic mass is 10.2. The van der Waals surface area contributed by atoms with Gasteiger partial charge in [-0.1, -0.05) is 78.5 Å². The third kappa shape index (κ3) is 5.36. The molecule has 5 aromatic rings. The Morgan fingerprint density at radius 3 is 2.19 bits per heavy atom. The molecule has 5 rings (SSSR count). The first-order chi connectivity index (χ1) is 18.1. The minimum Gasteiger partial charge on any atom is -0.272 e. The lowest BCUT2D eigenvalue weighted by molar-refractivity contribution is -0.118. The molecule has 0 unspecified atom stereocenters. The molecule has 0 atom stereocenters. The van der Waals surface area contributed by atoms with Gasteiger partial charge in [-0.3, -0.25) is 9.36 Å². The standard InChI is InChI=1S/C28H25N7OS/c1-20-25(21(2)35(33-20)24-16-10-5-11-17-24)18-29-30-26(36)19-37-28-32-31-27(22-12-6-3-7-13-22)34(28)23-14-8-4-9-15-23/h3-18H,19H2,1-2H3,(H,30,36). The summed E-state index contributed by atoms with van der Waals surface area (Å²) in [5, 5.41) is 18.2. The molecule has 2 heterocycles. The van der Waals surface area contributed by atoms with Crippen LogP contribution in [0.3, 0.4) is 0 Å². The number of aromatic nitrogens is 5. The number of benzene rings is 3. The largest absolute Gasteiger partial charge is 0.272 e. The van der Waals surface area contributed by atoms with Gasteiger partial charge in [-0.2, -0.15) is 10.2 Å². The van der Waals surface area contributed by atoms with Gasteiger partial charge in [-0.05, 0) is 38.1 Å². The quantitative estimate of drug-likeness (QED) is 0.182. The maximum atomic E-state index is 12.6. The van der Waals surface area contributed by atoms with Gasteiger partial charge in [0.2, 0.25) is 0 Å². The highest BCUT2D eigenvalue weighted by atomic mass is 32.2. The number of nitrogens with one attached hydrogen (secondary N) is 1. The first-order valence-electron chi connectivity index (χ1n) is 11.7. The molecule has 1 amide bonds. The van der Waals surface area contributed by atoms with E-state index in [1.807, 2.05) is 114 Å². The monoisotopic (exact) mass is 507 g/mol. The molecule has 0 spiro atoms. The maximum Gasteiger partial charge on any atom is 0.250 e. The van der Waals surface area contributed by atoms with Gasteiger partial charge in [0.25, 0.3) is 5.91 Å². The van der Waals surface area contributed by atoms with Crippen LogP contribution in [0.2, 0.25) is 0 Å². The Hall–Kier alpha value is -4.50. The molecule has 9 heteroatoms. The van der Waals surface area contributed by atoms with E-state index < -0.39 is 0 Å². The van der Waals surface area contributed by atoms with Gasteiger partial charge in [-0.15, -0.1) is 10.2 Å². The number of hydrogen-bond donors (Lipinski definition) is 1. The second kappa shape index (κ2) is 11.0. The summed E-state index contributed by atoms with van der Waals surface area (Å²) in [6.07, 6.45) is 1.64. The molecule has 37 heavy (non-hydrogen) atoms. The third-order valence-electron chi connectivity index (χ3n) is 5.74. The van der Waals surface area contributed by atoms with Crippen LogP contribution in [0.15, 0.2) is 101 Å². The normalized spacial score (nSPS) is 11.2. The van der Waals surface area contributed by atoms with Crippen molar-refractivity contribution < 1.29 is 4.79 Å². The Kier molecular flexibility index (Phi) is 7.23. The second-order valence-electron chi connectivity index (χ2n) is 8.26. The Morgan fingerprint density at radius 2 is 1.51 bits per heavy atom. The summed E-state index contributed by atoms with van der Waals surface area (Å²) in [5.41, 5.74) is 8.11. The van der Waals surface area contributed by atoms with Gasteiger partial charge >= 0.3 is 0 Å². The summed E-state index contributed by atoms with van der Waals surface area (Å²) < 4.78 is 3.83. The molecular formula is C28H25N7OS. The molecule has 0 bridgehead atoms. The third-order valence-corrected chi connectivity index (χ3v) is 6.67. The fourth-order valence-corrected chi connectivity index (χ4v) is 4.69. The minimum absolute atomic E-state index is 0.137. The Morgan fingerprint density at radius 1 is 0.892 bits per heavy atom. The lowest BCUT2D eigenvalue weighted by Crippen LogP contribution is -2.20. The van der Waals surface area contributed by atoms with E-state index in [1.165, 1.54) is 11.8 Å². The molecule has 0 fully saturated rings. The van der Waals surface area contributed by atoms with E-state index in [-0.39, 0.29) is 11.7 Å². The zero-order chi connectivity index (χ0) is 25.6. The van der Waals surface area contributed by atoms with Crippen LogP contribution in [0, 0.1) is 13.8 Å². The van der Waals surface area contributed by atoms with Crippen molar-refractivity contribution in [3.05, 3.63) is 108 Å². The van der Waals surface area contributed by atoms with Crippen molar-refractivity contribution in [3.8, 4) is 22.8 Å². The van der Waals surface area contributed by atoms with Crippen molar-refractivity contribution >= 4 is 23.9 Å². The number of rotatable bonds is 8. The number of amides is 1. The number of thioether (sulfide) groups is 1. The van der Waals surface area contributed by atoms with E-state index in [9.17, 15) is 4.79 Å². The van der Waals surface area contributed by atoms with Gasteiger partial charge in [0.15, 0.2) is 11.0 Å². The number of hydrogen-bond acceptors (Lipinski definition) is 6. The van der Waals surface area contributed by atoms with Gasteiger partial charge in [-0.25, -0.2) is 10.1 Å². The number of para-hydroxylation sites is 2. The van der Waals surface area contributed by atoms with Gasteiger partial charge in [0.1, 0.15) is 0 Å². The highest BCUT2D eigenvalue weighted by Gasteiger charge is 2.17. The summed E-state index contributed by atoms with van der Waals surface area (Å²) in [6, 6.07) is 29.6. The van der Waals surface area contributed by atoms with Crippen LogP contribution in [-0.2, 0) is 4.79 Å². The van der Waals surface area contributed by atoms with Crippen LogP contribution >= 0.6 is 11.8 Å². The molecule has 0 saturated carbocycles. The SMILES string of the molecule is Cc1nn(-c2ccccc2)c(C)c1C=NNC(=O)CSc1nnc(-c2ccccc2)n1-c1ccccc1. The average Bonchev–Trinajstić information content (AvgIpc) is 3.49. The van der Waals surface area contributed by atoms with Crippen LogP contribution in [0.1, 0.15) is 17.0 Å². The molecule has 3 aromatic carbocycles. The Bertz CT molecular complexity index is 1530. The summed E-state index contributed by atoms with van der Waals surface area (Å²) >= 11 is 1.31. The summed E-state index contributed by atoms with van der Waals surface area (Å²) in [5.74, 6) is 0.614. The maximum absolute atomic E-state index is 12.6. The minimum atomic E-state index is -0.240. The van der Waals surface area contributed by atoms with Crippen molar-refractivity contribution in [2.24, 2.45) is 5.10 Å². The summed E-state index contributed by atoms with van der Waals surface area (Å²) in [7, 11) is 0. The van der Waals surface area contributed by atoms with Crippen molar-refractivity contribution in [1.29, 1.82) is 0 Å². The van der Waals surface area contributed by atoms with Crippen molar-refractivity contribution in [2.75, 3.05) is 5.75 Å². The van der Waals surface area contributed by atoms with E-state index in [1.54, 1.807) is 6.21 Å². The number of aryl methyl sites for hydroxylation is 1. The molecule has 0 aliphatic heterocycles. The van der Waals surface area contributed by atoms with Gasteiger partial charge < -0.3 is 0 Å². The van der Waals surface area contributed by atoms with E-state index in [2.05, 4.69) is 25.8 Å². The van der Waals surface area contributed by atoms with Crippen LogP contribution in [0.4, 0.5) is 0 Å². The molecular weight excluding hydrogens is 482 g/mol. The number of nitrogens with zero attached hydrogens (tertiary/aromatic N) is 6. The number of carbonyl (C=O) groups excluding carboxylic acids is 1. The van der Waals surface area contributed by atoms with E-state index >= 15 is 0 Å². The Balaban J connectivity index is 1.28. The molecule has 0 radical (unpaired) electrons. The predicted molar refractivity (Wildman–Crippen MR) is 146 cm³/mol. The number of carbonyl (C=O) groups is 1. The zero-order valence-electron chi connectivity index (χ0n) is 20.4. The fraction of sp³-hybridized carbons (Fsp3) is 0.107. The van der Waals surface area contributed by atoms with Gasteiger partial charge in [0, 0.05) is 16.8 Å². The van der Waals surface area contributed by atoms with Crippen LogP contribution in [0.5, 0.6) is 0 Å². The molecule has 2 aromatic heterocycles. The Labute approximate surface area is 219 Å². The molecule has 0 aliphatic rings. The zero-order valence-corrected chi connectivity index (χ0v) is 21.3. The summed E-state index contributed by atoms with van der Waals surface area (Å²) in [6.45, 7) is 3.90. The van der Waals surface area contributed by atoms with E-state index in [0.29, 0.717) is 11.0 Å². The molecule has 184 valence electrons. The van der Waals surface area contributed by atoms with Crippen molar-refractivity contribution in [3.63, 3.8) is 0 Å². The van der Waals surface area contributed by atoms with E-state index in [0.717, 1.165) is 33.9 Å².